The summed E-state index contributed by atoms with van der Waals surface area (Å²) in [5, 5.41) is 6.16. The summed E-state index contributed by atoms with van der Waals surface area (Å²) < 4.78 is 0.855. The van der Waals surface area contributed by atoms with Crippen molar-refractivity contribution in [1.82, 2.24) is 10.3 Å². The molecule has 2 heterocycles. The number of H-pyrrole nitrogens is 1. The highest BCUT2D eigenvalue weighted by Gasteiger charge is 2.13. The molecule has 2 N–H and O–H groups in total. The summed E-state index contributed by atoms with van der Waals surface area (Å²) in [5.74, 6) is -0.0180. The molecular weight excluding hydrogens is 360 g/mol. The molecule has 0 bridgehead atoms. The fraction of sp³-hybridized carbons (Fsp3) is 0.235. The van der Waals surface area contributed by atoms with E-state index in [9.17, 15) is 4.79 Å². The lowest BCUT2D eigenvalue weighted by atomic mass is 10.1. The van der Waals surface area contributed by atoms with Crippen molar-refractivity contribution in [2.45, 2.75) is 20.3 Å². The summed E-state index contributed by atoms with van der Waals surface area (Å²) in [4.78, 5) is 16.3. The average molecular weight is 377 g/mol. The Morgan fingerprint density at radius 1 is 1.32 bits per heavy atom. The predicted octanol–water partition coefficient (Wildman–Crippen LogP) is 4.58. The number of carbonyl (C=O) groups excluding carboxylic acids is 1. The lowest BCUT2D eigenvalue weighted by molar-refractivity contribution is 0.0957. The number of halogens is 1. The molecule has 22 heavy (non-hydrogen) atoms. The van der Waals surface area contributed by atoms with Crippen molar-refractivity contribution in [2.24, 2.45) is 0 Å². The summed E-state index contributed by atoms with van der Waals surface area (Å²) in [5.41, 5.74) is 4.90. The van der Waals surface area contributed by atoms with Crippen LogP contribution in [0.4, 0.5) is 0 Å². The smallest absolute Gasteiger partial charge is 0.262 e. The molecule has 3 rings (SSSR count). The minimum atomic E-state index is -0.0180. The van der Waals surface area contributed by atoms with Gasteiger partial charge in [0.25, 0.3) is 5.91 Å². The molecule has 0 spiro atoms. The van der Waals surface area contributed by atoms with E-state index in [1.54, 1.807) is 0 Å². The second-order valence-corrected chi connectivity index (χ2v) is 7.10. The first-order chi connectivity index (χ1) is 10.6. The van der Waals surface area contributed by atoms with Crippen molar-refractivity contribution in [1.29, 1.82) is 0 Å². The number of aryl methyl sites for hydroxylation is 2. The van der Waals surface area contributed by atoms with Gasteiger partial charge in [-0.3, -0.25) is 4.79 Å². The predicted molar refractivity (Wildman–Crippen MR) is 95.8 cm³/mol. The number of amides is 1. The molecule has 0 unspecified atom stereocenters. The van der Waals surface area contributed by atoms with Crippen molar-refractivity contribution in [3.05, 3.63) is 55.8 Å². The van der Waals surface area contributed by atoms with Gasteiger partial charge in [0.2, 0.25) is 0 Å². The summed E-state index contributed by atoms with van der Waals surface area (Å²) >= 11 is 4.84. The molecule has 3 nitrogen and oxygen atoms in total. The molecule has 0 atom stereocenters. The molecule has 0 aliphatic rings. The number of rotatable bonds is 4. The third kappa shape index (κ3) is 2.83. The maximum absolute atomic E-state index is 12.1. The maximum atomic E-state index is 12.1. The van der Waals surface area contributed by atoms with Crippen LogP contribution in [-0.2, 0) is 6.42 Å². The summed E-state index contributed by atoms with van der Waals surface area (Å²) in [6.07, 6.45) is 0.823. The Hall–Kier alpha value is -1.59. The zero-order chi connectivity index (χ0) is 15.7. The minimum absolute atomic E-state index is 0.0180. The molecule has 1 amide bonds. The number of hydrogen-bond acceptors (Lipinski definition) is 2. The van der Waals surface area contributed by atoms with Crippen LogP contribution < -0.4 is 5.32 Å². The molecule has 114 valence electrons. The van der Waals surface area contributed by atoms with Crippen LogP contribution in [0.3, 0.4) is 0 Å². The fourth-order valence-corrected chi connectivity index (χ4v) is 4.18. The first-order valence-electron chi connectivity index (χ1n) is 7.16. The molecule has 5 heteroatoms. The zero-order valence-corrected chi connectivity index (χ0v) is 14.9. The van der Waals surface area contributed by atoms with Crippen LogP contribution in [0, 0.1) is 13.8 Å². The van der Waals surface area contributed by atoms with E-state index in [-0.39, 0.29) is 5.91 Å². The Bertz CT molecular complexity index is 834. The third-order valence-corrected chi connectivity index (χ3v) is 5.68. The Morgan fingerprint density at radius 3 is 2.86 bits per heavy atom. The van der Waals surface area contributed by atoms with E-state index in [2.05, 4.69) is 58.3 Å². The number of nitrogens with one attached hydrogen (secondary N) is 2. The summed E-state index contributed by atoms with van der Waals surface area (Å²) in [6, 6.07) is 8.22. The largest absolute Gasteiger partial charge is 0.358 e. The summed E-state index contributed by atoms with van der Waals surface area (Å²) in [7, 11) is 0. The second-order valence-electron chi connectivity index (χ2n) is 5.33. The number of aromatic amines is 1. The standard InChI is InChI=1S/C17H17BrN2OS/c1-10-4-3-5-13-12(11(2)20-15(10)13)6-8-19-17(21)16-14(18)7-9-22-16/h3-5,7,9,20H,6,8H2,1-2H3,(H,19,21). The Labute approximate surface area is 141 Å². The molecule has 0 fully saturated rings. The van der Waals surface area contributed by atoms with Gasteiger partial charge in [0.05, 0.1) is 0 Å². The lowest BCUT2D eigenvalue weighted by Gasteiger charge is -2.05. The van der Waals surface area contributed by atoms with Crippen molar-refractivity contribution in [2.75, 3.05) is 6.54 Å². The number of aromatic nitrogens is 1. The molecule has 1 aromatic carbocycles. The van der Waals surface area contributed by atoms with Crippen LogP contribution in [0.2, 0.25) is 0 Å². The first kappa shape index (κ1) is 15.3. The molecule has 3 aromatic rings. The molecule has 0 saturated heterocycles. The van der Waals surface area contributed by atoms with E-state index in [1.807, 2.05) is 11.4 Å². The lowest BCUT2D eigenvalue weighted by Crippen LogP contribution is -2.25. The molecule has 0 radical (unpaired) electrons. The number of hydrogen-bond donors (Lipinski definition) is 2. The highest BCUT2D eigenvalue weighted by molar-refractivity contribution is 9.10. The quantitative estimate of drug-likeness (QED) is 0.687. The normalized spacial score (nSPS) is 11.0. The van der Waals surface area contributed by atoms with Crippen LogP contribution in [0.15, 0.2) is 34.1 Å². The van der Waals surface area contributed by atoms with Gasteiger partial charge in [-0.25, -0.2) is 0 Å². The topological polar surface area (TPSA) is 44.9 Å². The Kier molecular flexibility index (Phi) is 4.36. The van der Waals surface area contributed by atoms with Gasteiger partial charge in [0.1, 0.15) is 4.88 Å². The Morgan fingerprint density at radius 2 is 2.14 bits per heavy atom. The molecular formula is C17H17BrN2OS. The first-order valence-corrected chi connectivity index (χ1v) is 8.83. The zero-order valence-electron chi connectivity index (χ0n) is 12.5. The van der Waals surface area contributed by atoms with Gasteiger partial charge >= 0.3 is 0 Å². The van der Waals surface area contributed by atoms with Gasteiger partial charge in [-0.15, -0.1) is 11.3 Å². The molecule has 0 aliphatic heterocycles. The van der Waals surface area contributed by atoms with Crippen molar-refractivity contribution in [3.63, 3.8) is 0 Å². The molecule has 0 aliphatic carbocycles. The van der Waals surface area contributed by atoms with Crippen LogP contribution in [-0.4, -0.2) is 17.4 Å². The highest BCUT2D eigenvalue weighted by atomic mass is 79.9. The van der Waals surface area contributed by atoms with E-state index in [1.165, 1.54) is 39.1 Å². The van der Waals surface area contributed by atoms with Crippen LogP contribution in [0.1, 0.15) is 26.5 Å². The van der Waals surface area contributed by atoms with Gasteiger partial charge in [-0.1, -0.05) is 18.2 Å². The third-order valence-electron chi connectivity index (χ3n) is 3.85. The highest BCUT2D eigenvalue weighted by Crippen LogP contribution is 2.25. The van der Waals surface area contributed by atoms with E-state index >= 15 is 0 Å². The molecule has 2 aromatic heterocycles. The van der Waals surface area contributed by atoms with Crippen molar-refractivity contribution >= 4 is 44.1 Å². The summed E-state index contributed by atoms with van der Waals surface area (Å²) in [6.45, 7) is 4.83. The monoisotopic (exact) mass is 376 g/mol. The number of fused-ring (bicyclic) bond motifs is 1. The van der Waals surface area contributed by atoms with Crippen LogP contribution in [0.5, 0.6) is 0 Å². The number of carbonyl (C=O) groups is 1. The Balaban J connectivity index is 1.72. The average Bonchev–Trinajstić information content (AvgIpc) is 3.04. The van der Waals surface area contributed by atoms with Gasteiger partial charge < -0.3 is 10.3 Å². The van der Waals surface area contributed by atoms with Gasteiger partial charge in [-0.05, 0) is 58.8 Å². The SMILES string of the molecule is Cc1[nH]c2c(C)cccc2c1CCNC(=O)c1sccc1Br. The number of thiophene rings is 1. The molecule has 0 saturated carbocycles. The van der Waals surface area contributed by atoms with E-state index in [0.717, 1.165) is 15.8 Å². The number of para-hydroxylation sites is 1. The van der Waals surface area contributed by atoms with Crippen molar-refractivity contribution in [3.8, 4) is 0 Å². The number of benzene rings is 1. The van der Waals surface area contributed by atoms with Gasteiger partial charge in [0, 0.05) is 27.6 Å². The van der Waals surface area contributed by atoms with Crippen LogP contribution in [0.25, 0.3) is 10.9 Å². The van der Waals surface area contributed by atoms with Crippen LogP contribution >= 0.6 is 27.3 Å². The van der Waals surface area contributed by atoms with E-state index in [4.69, 9.17) is 0 Å². The minimum Gasteiger partial charge on any atom is -0.358 e. The van der Waals surface area contributed by atoms with Gasteiger partial charge in [0.15, 0.2) is 0 Å². The van der Waals surface area contributed by atoms with E-state index in [0.29, 0.717) is 6.54 Å². The second kappa shape index (κ2) is 6.26. The van der Waals surface area contributed by atoms with Gasteiger partial charge in [-0.2, -0.15) is 0 Å². The maximum Gasteiger partial charge on any atom is 0.262 e. The van der Waals surface area contributed by atoms with Crippen molar-refractivity contribution < 1.29 is 4.79 Å². The van der Waals surface area contributed by atoms with E-state index < -0.39 is 0 Å². The fourth-order valence-electron chi connectivity index (χ4n) is 2.71.